The fourth-order valence-electron chi connectivity index (χ4n) is 3.57. The van der Waals surface area contributed by atoms with Crippen LogP contribution in [0.3, 0.4) is 0 Å². The van der Waals surface area contributed by atoms with Gasteiger partial charge in [-0.1, -0.05) is 25.1 Å². The summed E-state index contributed by atoms with van der Waals surface area (Å²) >= 11 is 0. The number of nitrogens with zero attached hydrogens (tertiary/aromatic N) is 4. The van der Waals surface area contributed by atoms with Gasteiger partial charge in [0, 0.05) is 55.1 Å². The van der Waals surface area contributed by atoms with Crippen molar-refractivity contribution < 1.29 is 17.9 Å². The van der Waals surface area contributed by atoms with Gasteiger partial charge in [-0.15, -0.1) is 0 Å². The van der Waals surface area contributed by atoms with E-state index in [1.54, 1.807) is 12.4 Å². The fraction of sp³-hybridized carbons (Fsp3) is 0.348. The van der Waals surface area contributed by atoms with Crippen LogP contribution in [-0.2, 0) is 25.7 Å². The molecule has 0 radical (unpaired) electrons. The van der Waals surface area contributed by atoms with E-state index in [0.29, 0.717) is 37.0 Å². The highest BCUT2D eigenvalue weighted by Gasteiger charge is 2.30. The first kappa shape index (κ1) is 21.2. The average molecular weight is 428 g/mol. The third-order valence-corrected chi connectivity index (χ3v) is 5.17. The van der Waals surface area contributed by atoms with Crippen LogP contribution in [0.4, 0.5) is 13.2 Å². The number of rotatable bonds is 6. The van der Waals surface area contributed by atoms with Crippen LogP contribution in [0.25, 0.3) is 11.4 Å². The van der Waals surface area contributed by atoms with Gasteiger partial charge in [-0.2, -0.15) is 13.2 Å². The standard InChI is InChI=1S/C23H23F3N4O/c1-2-12-31-22-17(4-3-10-27-22)14-30-11-9-20-18(15-30)13-28-21(29-20)16-5-7-19(8-6-16)23(24,25)26/h3-8,10,13H,2,9,11-12,14-15H2,1H3. The summed E-state index contributed by atoms with van der Waals surface area (Å²) in [6.07, 6.45) is 0.826. The third-order valence-electron chi connectivity index (χ3n) is 5.17. The molecule has 0 saturated carbocycles. The zero-order valence-electron chi connectivity index (χ0n) is 17.2. The summed E-state index contributed by atoms with van der Waals surface area (Å²) in [6, 6.07) is 8.89. The Hall–Kier alpha value is -3.00. The number of fused-ring (bicyclic) bond motifs is 1. The van der Waals surface area contributed by atoms with Crippen molar-refractivity contribution in [2.24, 2.45) is 0 Å². The van der Waals surface area contributed by atoms with E-state index < -0.39 is 11.7 Å². The number of ether oxygens (including phenoxy) is 1. The number of alkyl halides is 3. The average Bonchev–Trinajstić information content (AvgIpc) is 2.77. The molecule has 0 unspecified atom stereocenters. The molecule has 4 rings (SSSR count). The van der Waals surface area contributed by atoms with E-state index >= 15 is 0 Å². The van der Waals surface area contributed by atoms with Gasteiger partial charge in [0.15, 0.2) is 5.82 Å². The highest BCUT2D eigenvalue weighted by Crippen LogP contribution is 2.31. The first-order valence-electron chi connectivity index (χ1n) is 10.3. The molecule has 0 spiro atoms. The Balaban J connectivity index is 1.47. The number of halogens is 3. The van der Waals surface area contributed by atoms with Crippen LogP contribution >= 0.6 is 0 Å². The summed E-state index contributed by atoms with van der Waals surface area (Å²) in [4.78, 5) is 15.7. The quantitative estimate of drug-likeness (QED) is 0.559. The first-order valence-corrected chi connectivity index (χ1v) is 10.3. The first-order chi connectivity index (χ1) is 14.9. The lowest BCUT2D eigenvalue weighted by atomic mass is 10.1. The van der Waals surface area contributed by atoms with Crippen molar-refractivity contribution in [1.82, 2.24) is 19.9 Å². The molecule has 162 valence electrons. The second kappa shape index (κ2) is 9.01. The predicted molar refractivity (Wildman–Crippen MR) is 110 cm³/mol. The number of hydrogen-bond donors (Lipinski definition) is 0. The molecule has 1 aromatic carbocycles. The van der Waals surface area contributed by atoms with E-state index in [2.05, 4.69) is 26.8 Å². The molecule has 0 saturated heterocycles. The molecule has 2 aromatic heterocycles. The lowest BCUT2D eigenvalue weighted by molar-refractivity contribution is -0.137. The van der Waals surface area contributed by atoms with Crippen molar-refractivity contribution in [3.63, 3.8) is 0 Å². The Labute approximate surface area is 178 Å². The molecule has 5 nitrogen and oxygen atoms in total. The van der Waals surface area contributed by atoms with Crippen molar-refractivity contribution in [3.8, 4) is 17.3 Å². The van der Waals surface area contributed by atoms with Crippen LogP contribution < -0.4 is 4.74 Å². The van der Waals surface area contributed by atoms with Gasteiger partial charge in [0.05, 0.1) is 17.9 Å². The minimum absolute atomic E-state index is 0.448. The van der Waals surface area contributed by atoms with E-state index in [4.69, 9.17) is 4.74 Å². The molecule has 1 aliphatic rings. The summed E-state index contributed by atoms with van der Waals surface area (Å²) in [5.41, 5.74) is 2.91. The van der Waals surface area contributed by atoms with Crippen LogP contribution in [0.1, 0.15) is 35.7 Å². The summed E-state index contributed by atoms with van der Waals surface area (Å²) in [5, 5.41) is 0. The van der Waals surface area contributed by atoms with E-state index in [-0.39, 0.29) is 0 Å². The monoisotopic (exact) mass is 428 g/mol. The molecule has 0 amide bonds. The second-order valence-electron chi connectivity index (χ2n) is 7.52. The molecular formula is C23H23F3N4O. The summed E-state index contributed by atoms with van der Waals surface area (Å²) in [6.45, 7) is 4.92. The molecule has 0 atom stereocenters. The van der Waals surface area contributed by atoms with Crippen molar-refractivity contribution in [3.05, 3.63) is 71.2 Å². The Morgan fingerprint density at radius 2 is 1.90 bits per heavy atom. The molecule has 31 heavy (non-hydrogen) atoms. The number of hydrogen-bond acceptors (Lipinski definition) is 5. The maximum Gasteiger partial charge on any atom is 0.416 e. The number of benzene rings is 1. The minimum atomic E-state index is -4.35. The smallest absolute Gasteiger partial charge is 0.416 e. The van der Waals surface area contributed by atoms with Gasteiger partial charge in [-0.05, 0) is 24.6 Å². The van der Waals surface area contributed by atoms with Gasteiger partial charge in [0.1, 0.15) is 0 Å². The SMILES string of the molecule is CCCOc1ncccc1CN1CCc2nc(-c3ccc(C(F)(F)F)cc3)ncc2C1. The van der Waals surface area contributed by atoms with Gasteiger partial charge >= 0.3 is 6.18 Å². The lowest BCUT2D eigenvalue weighted by Gasteiger charge is -2.28. The van der Waals surface area contributed by atoms with Crippen molar-refractivity contribution in [2.45, 2.75) is 39.0 Å². The Kier molecular flexibility index (Phi) is 6.18. The van der Waals surface area contributed by atoms with Crippen molar-refractivity contribution in [1.29, 1.82) is 0 Å². The summed E-state index contributed by atoms with van der Waals surface area (Å²) < 4.78 is 44.1. The molecule has 0 fully saturated rings. The zero-order chi connectivity index (χ0) is 21.8. The zero-order valence-corrected chi connectivity index (χ0v) is 17.2. The molecule has 0 bridgehead atoms. The Bertz CT molecular complexity index is 1040. The molecular weight excluding hydrogens is 405 g/mol. The van der Waals surface area contributed by atoms with E-state index in [0.717, 1.165) is 48.3 Å². The van der Waals surface area contributed by atoms with Crippen LogP contribution in [0.15, 0.2) is 48.8 Å². The molecule has 3 heterocycles. The maximum atomic E-state index is 12.8. The van der Waals surface area contributed by atoms with Crippen LogP contribution in [0.2, 0.25) is 0 Å². The second-order valence-corrected chi connectivity index (χ2v) is 7.52. The highest BCUT2D eigenvalue weighted by atomic mass is 19.4. The van der Waals surface area contributed by atoms with Gasteiger partial charge in [-0.3, -0.25) is 4.90 Å². The molecule has 0 N–H and O–H groups in total. The minimum Gasteiger partial charge on any atom is -0.477 e. The van der Waals surface area contributed by atoms with Gasteiger partial charge in [0.25, 0.3) is 0 Å². The third kappa shape index (κ3) is 5.02. The van der Waals surface area contributed by atoms with E-state index in [1.165, 1.54) is 12.1 Å². The number of aromatic nitrogens is 3. The van der Waals surface area contributed by atoms with Gasteiger partial charge in [0.2, 0.25) is 5.88 Å². The van der Waals surface area contributed by atoms with E-state index in [9.17, 15) is 13.2 Å². The summed E-state index contributed by atoms with van der Waals surface area (Å²) in [7, 11) is 0. The Morgan fingerprint density at radius 3 is 2.65 bits per heavy atom. The van der Waals surface area contributed by atoms with Gasteiger partial charge in [-0.25, -0.2) is 15.0 Å². The fourth-order valence-corrected chi connectivity index (χ4v) is 3.57. The normalized spacial score (nSPS) is 14.3. The molecule has 3 aromatic rings. The predicted octanol–water partition coefficient (Wildman–Crippen LogP) is 4.90. The van der Waals surface area contributed by atoms with Crippen molar-refractivity contribution in [2.75, 3.05) is 13.2 Å². The Morgan fingerprint density at radius 1 is 1.10 bits per heavy atom. The van der Waals surface area contributed by atoms with E-state index in [1.807, 2.05) is 12.1 Å². The molecule has 1 aliphatic heterocycles. The topological polar surface area (TPSA) is 51.1 Å². The van der Waals surface area contributed by atoms with Gasteiger partial charge < -0.3 is 4.74 Å². The van der Waals surface area contributed by atoms with Crippen LogP contribution in [-0.4, -0.2) is 33.0 Å². The largest absolute Gasteiger partial charge is 0.477 e. The lowest BCUT2D eigenvalue weighted by Crippen LogP contribution is -2.31. The molecule has 0 aliphatic carbocycles. The van der Waals surface area contributed by atoms with Crippen LogP contribution in [0, 0.1) is 0 Å². The summed E-state index contributed by atoms with van der Waals surface area (Å²) in [5.74, 6) is 1.12. The molecule has 8 heteroatoms. The highest BCUT2D eigenvalue weighted by molar-refractivity contribution is 5.56. The number of pyridine rings is 1. The van der Waals surface area contributed by atoms with Crippen molar-refractivity contribution >= 4 is 0 Å². The maximum absolute atomic E-state index is 12.8. The van der Waals surface area contributed by atoms with Crippen LogP contribution in [0.5, 0.6) is 5.88 Å².